The fraction of sp³-hybridized carbons (Fsp3) is 0.100. The van der Waals surface area contributed by atoms with Crippen molar-refractivity contribution < 1.29 is 52.0 Å². The summed E-state index contributed by atoms with van der Waals surface area (Å²) < 4.78 is 52.6. The molecule has 8 heteroatoms. The Morgan fingerprint density at radius 1 is 1.28 bits per heavy atom. The zero-order chi connectivity index (χ0) is 12.4. The van der Waals surface area contributed by atoms with E-state index in [9.17, 15) is 17.7 Å². The van der Waals surface area contributed by atoms with Gasteiger partial charge in [0.1, 0.15) is 5.82 Å². The molecule has 0 radical (unpaired) electrons. The maximum absolute atomic E-state index is 13.5. The number of pyridine rings is 1. The molecule has 0 unspecified atom stereocenters. The number of rotatable bonds is 3. The van der Waals surface area contributed by atoms with Gasteiger partial charge in [0.25, 0.3) is 0 Å². The molecule has 0 aliphatic heterocycles. The van der Waals surface area contributed by atoms with Crippen LogP contribution in [-0.2, 0) is 0 Å². The van der Waals surface area contributed by atoms with Crippen LogP contribution in [0.2, 0.25) is 0 Å². The number of alkyl halides is 2. The summed E-state index contributed by atoms with van der Waals surface area (Å²) in [5.41, 5.74) is 0. The van der Waals surface area contributed by atoms with E-state index >= 15 is 0 Å². The van der Waals surface area contributed by atoms with E-state index in [0.717, 1.165) is 6.07 Å². The normalized spacial score (nSPS) is 10.5. The molecule has 1 aromatic heterocycles. The minimum absolute atomic E-state index is 0. The molecule has 0 fully saturated rings. The Balaban J connectivity index is 0.00000162. The van der Waals surface area contributed by atoms with Gasteiger partial charge in [0.05, 0.1) is 5.39 Å². The summed E-state index contributed by atoms with van der Waals surface area (Å²) in [5.74, 6) is -1.28. The van der Waals surface area contributed by atoms with Crippen molar-refractivity contribution in [2.24, 2.45) is 0 Å². The molecule has 0 amide bonds. The van der Waals surface area contributed by atoms with Crippen molar-refractivity contribution in [3.05, 3.63) is 30.2 Å². The monoisotopic (exact) mass is 283 g/mol. The van der Waals surface area contributed by atoms with Crippen LogP contribution in [0.3, 0.4) is 0 Å². The third-order valence-corrected chi connectivity index (χ3v) is 2.63. The van der Waals surface area contributed by atoms with Gasteiger partial charge in [-0.25, -0.2) is 21.4 Å². The van der Waals surface area contributed by atoms with Crippen molar-refractivity contribution in [1.29, 1.82) is 0 Å². The minimum Gasteiger partial charge on any atom is -0.795 e. The number of hydrogen-bond acceptors (Lipinski definition) is 4. The van der Waals surface area contributed by atoms with Gasteiger partial charge in [-0.3, -0.25) is 0 Å². The Kier molecular flexibility index (Phi) is 5.74. The molecule has 1 heterocycles. The van der Waals surface area contributed by atoms with Crippen LogP contribution in [0.4, 0.5) is 13.2 Å². The van der Waals surface area contributed by atoms with Crippen molar-refractivity contribution in [2.45, 2.75) is 11.5 Å². The molecule has 0 aliphatic rings. The molecular weight excluding hydrogens is 278 g/mol. The van der Waals surface area contributed by atoms with Crippen molar-refractivity contribution in [3.8, 4) is 5.88 Å². The number of benzene rings is 1. The number of nitrogens with zero attached hydrogens (tertiary/aromatic N) is 1. The van der Waals surface area contributed by atoms with Gasteiger partial charge in [-0.15, -0.1) is 0 Å². The number of halogens is 3. The first-order valence-electron chi connectivity index (χ1n) is 4.45. The van der Waals surface area contributed by atoms with E-state index in [4.69, 9.17) is 0 Å². The van der Waals surface area contributed by atoms with Gasteiger partial charge in [0, 0.05) is 16.5 Å². The van der Waals surface area contributed by atoms with Gasteiger partial charge in [0.15, 0.2) is 0 Å². The predicted octanol–water partition coefficient (Wildman–Crippen LogP) is 0.202. The van der Waals surface area contributed by atoms with Gasteiger partial charge < -0.3 is 9.29 Å². The molecule has 0 spiro atoms. The first-order chi connectivity index (χ1) is 8.13. The molecule has 3 nitrogen and oxygen atoms in total. The van der Waals surface area contributed by atoms with E-state index in [1.165, 1.54) is 18.3 Å². The standard InChI is InChI=1S/C10H6F3NO2S.Na/c11-6-1-2-7(17-15)5-3-4-14-9(8(5)6)16-10(12)13;/h1-4,10,15H;/q;+1/p-1. The van der Waals surface area contributed by atoms with Crippen molar-refractivity contribution >= 4 is 22.8 Å². The van der Waals surface area contributed by atoms with E-state index < -0.39 is 18.3 Å². The van der Waals surface area contributed by atoms with E-state index in [1.54, 1.807) is 0 Å². The van der Waals surface area contributed by atoms with Crippen LogP contribution in [0.1, 0.15) is 0 Å². The van der Waals surface area contributed by atoms with E-state index in [-0.39, 0.29) is 57.3 Å². The Morgan fingerprint density at radius 2 is 2.00 bits per heavy atom. The smallest absolute Gasteiger partial charge is 0.795 e. The summed E-state index contributed by atoms with van der Waals surface area (Å²) in [6, 6.07) is 3.67. The predicted molar refractivity (Wildman–Crippen MR) is 55.0 cm³/mol. The Morgan fingerprint density at radius 3 is 2.61 bits per heavy atom. The van der Waals surface area contributed by atoms with Crippen LogP contribution in [0.5, 0.6) is 5.88 Å². The van der Waals surface area contributed by atoms with Gasteiger partial charge >= 0.3 is 36.2 Å². The summed E-state index contributed by atoms with van der Waals surface area (Å²) in [4.78, 5) is 3.75. The van der Waals surface area contributed by atoms with Crippen LogP contribution in [-0.4, -0.2) is 16.1 Å². The first-order valence-corrected chi connectivity index (χ1v) is 5.19. The minimum atomic E-state index is -3.10. The number of aromatic nitrogens is 1. The van der Waals surface area contributed by atoms with Crippen LogP contribution in [0.15, 0.2) is 29.3 Å². The maximum atomic E-state index is 13.5. The van der Waals surface area contributed by atoms with E-state index in [1.807, 2.05) is 0 Å². The Bertz CT molecular complexity index is 556. The van der Waals surface area contributed by atoms with Gasteiger partial charge in [0.2, 0.25) is 5.88 Å². The van der Waals surface area contributed by atoms with Crippen LogP contribution in [0.25, 0.3) is 10.8 Å². The van der Waals surface area contributed by atoms with Crippen LogP contribution in [0, 0.1) is 5.82 Å². The second-order valence-corrected chi connectivity index (χ2v) is 3.65. The molecule has 0 saturated heterocycles. The van der Waals surface area contributed by atoms with Gasteiger partial charge in [-0.2, -0.15) is 8.78 Å². The SMILES string of the molecule is [Na+].[O-]Sc1ccc(F)c2c(OC(F)F)nccc12. The van der Waals surface area contributed by atoms with E-state index in [0.29, 0.717) is 0 Å². The Labute approximate surface area is 127 Å². The van der Waals surface area contributed by atoms with Gasteiger partial charge in [-0.1, -0.05) is 0 Å². The summed E-state index contributed by atoms with van der Waals surface area (Å²) in [7, 11) is 0. The number of hydrogen-bond donors (Lipinski definition) is 0. The summed E-state index contributed by atoms with van der Waals surface area (Å²) in [6.45, 7) is -3.10. The topological polar surface area (TPSA) is 45.2 Å². The summed E-state index contributed by atoms with van der Waals surface area (Å²) in [5, 5.41) is -0.00991. The third kappa shape index (κ3) is 3.10. The largest absolute Gasteiger partial charge is 1.00 e. The molecule has 1 aromatic carbocycles. The van der Waals surface area contributed by atoms with Crippen molar-refractivity contribution in [3.63, 3.8) is 0 Å². The fourth-order valence-electron chi connectivity index (χ4n) is 1.45. The number of ether oxygens (including phenoxy) is 1. The zero-order valence-electron chi connectivity index (χ0n) is 9.19. The van der Waals surface area contributed by atoms with Gasteiger partial charge in [-0.05, 0) is 18.2 Å². The summed E-state index contributed by atoms with van der Waals surface area (Å²) >= 11 is 0.147. The summed E-state index contributed by atoms with van der Waals surface area (Å²) in [6.07, 6.45) is 1.18. The van der Waals surface area contributed by atoms with Crippen molar-refractivity contribution in [1.82, 2.24) is 4.98 Å². The third-order valence-electron chi connectivity index (χ3n) is 2.09. The molecule has 2 aromatic rings. The molecule has 18 heavy (non-hydrogen) atoms. The Hall–Kier alpha value is -0.470. The molecule has 0 aliphatic carbocycles. The quantitative estimate of drug-likeness (QED) is 0.596. The van der Waals surface area contributed by atoms with Crippen LogP contribution < -0.4 is 34.3 Å². The molecule has 0 saturated carbocycles. The molecule has 0 N–H and O–H groups in total. The second-order valence-electron chi connectivity index (χ2n) is 3.05. The van der Waals surface area contributed by atoms with E-state index in [2.05, 4.69) is 9.72 Å². The number of fused-ring (bicyclic) bond motifs is 1. The molecule has 0 atom stereocenters. The first kappa shape index (κ1) is 15.6. The maximum Gasteiger partial charge on any atom is 1.00 e. The second kappa shape index (κ2) is 6.63. The zero-order valence-corrected chi connectivity index (χ0v) is 12.0. The fourth-order valence-corrected chi connectivity index (χ4v) is 1.83. The average molecular weight is 283 g/mol. The van der Waals surface area contributed by atoms with Crippen LogP contribution >= 0.6 is 12.0 Å². The average Bonchev–Trinajstić information content (AvgIpc) is 2.29. The molecule has 90 valence electrons. The molecule has 2 rings (SSSR count). The van der Waals surface area contributed by atoms with Crippen molar-refractivity contribution in [2.75, 3.05) is 0 Å². The molecular formula is C10H5F3NNaO2S. The molecule has 0 bridgehead atoms.